The number of benzene rings is 6. The molecule has 3 heterocycles. The van der Waals surface area contributed by atoms with E-state index in [-0.39, 0.29) is 0 Å². The molecule has 0 spiro atoms. The molecule has 0 N–H and O–H groups in total. The fourth-order valence-corrected chi connectivity index (χ4v) is 8.59. The van der Waals surface area contributed by atoms with Gasteiger partial charge in [0.1, 0.15) is 0 Å². The van der Waals surface area contributed by atoms with Crippen molar-refractivity contribution in [3.8, 4) is 22.4 Å². The topological polar surface area (TPSA) is 38.1 Å². The lowest BCUT2D eigenvalue weighted by molar-refractivity contribution is 1.25. The van der Waals surface area contributed by atoms with Crippen LogP contribution in [0, 0.1) is 0 Å². The predicted octanol–water partition coefficient (Wildman–Crippen LogP) is 13.8. The average molecular weight is 698 g/mol. The first-order valence-corrected chi connectivity index (χ1v) is 18.6. The molecule has 0 amide bonds. The molecule has 0 radical (unpaired) electrons. The van der Waals surface area contributed by atoms with Crippen molar-refractivity contribution in [3.05, 3.63) is 175 Å². The Labute approximate surface area is 312 Å². The highest BCUT2D eigenvalue weighted by Crippen LogP contribution is 2.43. The second-order valence-corrected chi connectivity index (χ2v) is 14.4. The molecule has 0 atom stereocenters. The minimum atomic E-state index is 0.635. The van der Waals surface area contributed by atoms with Crippen LogP contribution in [0.1, 0.15) is 30.7 Å². The predicted molar refractivity (Wildman–Crippen MR) is 231 cm³/mol. The summed E-state index contributed by atoms with van der Waals surface area (Å²) in [6.07, 6.45) is 9.63. The van der Waals surface area contributed by atoms with Crippen molar-refractivity contribution >= 4 is 87.5 Å². The van der Waals surface area contributed by atoms with Crippen molar-refractivity contribution in [1.29, 1.82) is 0 Å². The molecule has 0 aliphatic heterocycles. The molecule has 9 aromatic rings. The van der Waals surface area contributed by atoms with Gasteiger partial charge in [-0.05, 0) is 89.4 Å². The summed E-state index contributed by atoms with van der Waals surface area (Å²) in [7, 11) is 0. The molecule has 252 valence electrons. The molecule has 0 fully saturated rings. The molecule has 3 aromatic heterocycles. The second-order valence-electron chi connectivity index (χ2n) is 13.3. The lowest BCUT2D eigenvalue weighted by Crippen LogP contribution is -1.91. The third-order valence-electron chi connectivity index (χ3n) is 9.99. The van der Waals surface area contributed by atoms with Gasteiger partial charge in [-0.15, -0.1) is 11.3 Å². The van der Waals surface area contributed by atoms with Gasteiger partial charge in [0.05, 0.1) is 22.6 Å². The maximum absolute atomic E-state index is 5.28. The molecule has 6 aromatic carbocycles. The van der Waals surface area contributed by atoms with Crippen LogP contribution in [0.4, 0.5) is 0 Å². The smallest absolute Gasteiger partial charge is 0.0952 e. The highest BCUT2D eigenvalue weighted by Gasteiger charge is 2.16. The zero-order valence-corrected chi connectivity index (χ0v) is 30.4. The summed E-state index contributed by atoms with van der Waals surface area (Å²) in [6, 6.07) is 47.9. The van der Waals surface area contributed by atoms with E-state index >= 15 is 0 Å². The van der Waals surface area contributed by atoms with Crippen LogP contribution < -0.4 is 0 Å². The summed E-state index contributed by atoms with van der Waals surface area (Å²) in [6.45, 7) is 8.25. The lowest BCUT2D eigenvalue weighted by atomic mass is 9.95. The van der Waals surface area contributed by atoms with Gasteiger partial charge >= 0.3 is 0 Å². The highest BCUT2D eigenvalue weighted by atomic mass is 32.1. The van der Waals surface area contributed by atoms with Crippen molar-refractivity contribution in [2.24, 2.45) is 4.99 Å². The Balaban J connectivity index is 1.04. The normalized spacial score (nSPS) is 12.4. The molecule has 0 saturated carbocycles. The molecule has 0 unspecified atom stereocenters. The molecule has 0 aliphatic carbocycles. The molecular formula is C49H35N3S. The number of hydrogen-bond donors (Lipinski definition) is 0. The Kier molecular flexibility index (Phi) is 8.30. The third kappa shape index (κ3) is 5.93. The Hall–Kier alpha value is -6.49. The van der Waals surface area contributed by atoms with E-state index in [1.54, 1.807) is 6.20 Å². The van der Waals surface area contributed by atoms with Crippen molar-refractivity contribution in [3.63, 3.8) is 0 Å². The fraction of sp³-hybridized carbons (Fsp3) is 0.0408. The van der Waals surface area contributed by atoms with Gasteiger partial charge in [-0.2, -0.15) is 0 Å². The van der Waals surface area contributed by atoms with Crippen molar-refractivity contribution in [2.75, 3.05) is 0 Å². The number of pyridine rings is 2. The Morgan fingerprint density at radius 3 is 2.38 bits per heavy atom. The van der Waals surface area contributed by atoms with Gasteiger partial charge in [-0.25, -0.2) is 4.98 Å². The summed E-state index contributed by atoms with van der Waals surface area (Å²) in [5.74, 6) is 0. The zero-order valence-electron chi connectivity index (χ0n) is 29.5. The monoisotopic (exact) mass is 697 g/mol. The first-order valence-electron chi connectivity index (χ1n) is 17.8. The summed E-state index contributed by atoms with van der Waals surface area (Å²) in [4.78, 5) is 14.4. The Morgan fingerprint density at radius 2 is 1.47 bits per heavy atom. The highest BCUT2D eigenvalue weighted by molar-refractivity contribution is 7.26. The van der Waals surface area contributed by atoms with Gasteiger partial charge in [0.15, 0.2) is 0 Å². The van der Waals surface area contributed by atoms with Crippen molar-refractivity contribution in [2.45, 2.75) is 13.8 Å². The summed E-state index contributed by atoms with van der Waals surface area (Å²) < 4.78 is 2.63. The van der Waals surface area contributed by atoms with E-state index in [9.17, 15) is 0 Å². The second kappa shape index (κ2) is 13.6. The van der Waals surface area contributed by atoms with E-state index in [0.717, 1.165) is 44.7 Å². The first-order chi connectivity index (χ1) is 26.1. The van der Waals surface area contributed by atoms with Gasteiger partial charge in [0.25, 0.3) is 0 Å². The zero-order chi connectivity index (χ0) is 35.9. The van der Waals surface area contributed by atoms with Crippen LogP contribution in [0.3, 0.4) is 0 Å². The van der Waals surface area contributed by atoms with Gasteiger partial charge in [-0.1, -0.05) is 116 Å². The molecule has 3 nitrogen and oxygen atoms in total. The van der Waals surface area contributed by atoms with Crippen LogP contribution >= 0.6 is 11.3 Å². The van der Waals surface area contributed by atoms with Crippen LogP contribution in [0.25, 0.3) is 92.4 Å². The Bertz CT molecular complexity index is 3000. The SMILES string of the molecule is C=C(/N=C\C=C(/C)c1ccc2cc(-c3cccc(-c4nc5ccccc5c5c4ccc4c6ccccc6sc45)c3)ccc2c1)c1ncccc1/C=C\C. The number of rotatable bonds is 7. The quantitative estimate of drug-likeness (QED) is 0.123. The summed E-state index contributed by atoms with van der Waals surface area (Å²) >= 11 is 1.87. The number of para-hydroxylation sites is 1. The van der Waals surface area contributed by atoms with E-state index in [4.69, 9.17) is 4.98 Å². The van der Waals surface area contributed by atoms with Crippen LogP contribution in [-0.4, -0.2) is 16.2 Å². The summed E-state index contributed by atoms with van der Waals surface area (Å²) in [5, 5.41) is 8.65. The number of fused-ring (bicyclic) bond motifs is 8. The molecule has 4 heteroatoms. The molecule has 0 bridgehead atoms. The van der Waals surface area contributed by atoms with Crippen LogP contribution in [0.15, 0.2) is 163 Å². The van der Waals surface area contributed by atoms with Crippen molar-refractivity contribution < 1.29 is 0 Å². The van der Waals surface area contributed by atoms with Gasteiger partial charge in [-0.3, -0.25) is 9.98 Å². The molecule has 0 saturated heterocycles. The average Bonchev–Trinajstić information content (AvgIpc) is 3.59. The van der Waals surface area contributed by atoms with Gasteiger partial charge < -0.3 is 0 Å². The number of nitrogens with zero attached hydrogens (tertiary/aromatic N) is 3. The molecule has 53 heavy (non-hydrogen) atoms. The lowest BCUT2D eigenvalue weighted by Gasteiger charge is -2.13. The third-order valence-corrected chi connectivity index (χ3v) is 11.2. The largest absolute Gasteiger partial charge is 0.255 e. The number of thiophene rings is 1. The fourth-order valence-electron chi connectivity index (χ4n) is 7.32. The van der Waals surface area contributed by atoms with E-state index < -0.39 is 0 Å². The number of hydrogen-bond acceptors (Lipinski definition) is 4. The van der Waals surface area contributed by atoms with E-state index in [1.807, 2.05) is 54.8 Å². The van der Waals surface area contributed by atoms with Gasteiger partial charge in [0.2, 0.25) is 0 Å². The van der Waals surface area contributed by atoms with Crippen LogP contribution in [0.2, 0.25) is 0 Å². The standard InChI is InChI=1S/C49H35N3S/c1-4-11-33-14-10-26-51-47(33)32(3)50-27-25-31(2)34-19-20-38-29-37(22-21-36(38)28-34)35-12-9-13-39(30-35)48-43-24-23-41-40-15-6-8-18-45(40)53-49(41)46(43)42-16-5-7-17-44(42)52-48/h4-30H,3H2,1-2H3/b11-4-,31-25+,50-27-. The summed E-state index contributed by atoms with van der Waals surface area (Å²) in [5.41, 5.74) is 10.2. The molecule has 9 rings (SSSR count). The number of aromatic nitrogens is 2. The number of allylic oxidation sites excluding steroid dienone is 3. The minimum Gasteiger partial charge on any atom is -0.255 e. The minimum absolute atomic E-state index is 0.635. The van der Waals surface area contributed by atoms with E-state index in [0.29, 0.717) is 5.70 Å². The first kappa shape index (κ1) is 32.4. The molecule has 0 aliphatic rings. The van der Waals surface area contributed by atoms with Crippen LogP contribution in [-0.2, 0) is 0 Å². The Morgan fingerprint density at radius 1 is 0.698 bits per heavy atom. The van der Waals surface area contributed by atoms with E-state index in [1.165, 1.54) is 52.7 Å². The van der Waals surface area contributed by atoms with Gasteiger partial charge in [0, 0.05) is 59.9 Å². The maximum Gasteiger partial charge on any atom is 0.0952 e. The maximum atomic E-state index is 5.28. The number of aliphatic imine (C=N–C) groups is 1. The van der Waals surface area contributed by atoms with Crippen molar-refractivity contribution in [1.82, 2.24) is 9.97 Å². The van der Waals surface area contributed by atoms with E-state index in [2.05, 4.69) is 145 Å². The molecular weight excluding hydrogens is 663 g/mol. The van der Waals surface area contributed by atoms with Crippen LogP contribution in [0.5, 0.6) is 0 Å².